The minimum atomic E-state index is -2.39. The van der Waals surface area contributed by atoms with Gasteiger partial charge in [0.2, 0.25) is 5.12 Å². The van der Waals surface area contributed by atoms with E-state index in [9.17, 15) is 19.5 Å². The Labute approximate surface area is 167 Å². The molecular formula is C21H24F2O4S. The third-order valence-electron chi connectivity index (χ3n) is 8.33. The zero-order valence-corrected chi connectivity index (χ0v) is 17.0. The summed E-state index contributed by atoms with van der Waals surface area (Å²) in [5.74, 6) is -3.74. The molecule has 2 saturated carbocycles. The monoisotopic (exact) mass is 410 g/mol. The first-order valence-electron chi connectivity index (χ1n) is 9.62. The van der Waals surface area contributed by atoms with Crippen LogP contribution in [0.2, 0.25) is 0 Å². The molecule has 4 aliphatic rings. The lowest BCUT2D eigenvalue weighted by Gasteiger charge is -2.58. The highest BCUT2D eigenvalue weighted by Gasteiger charge is 2.76. The molecule has 0 bridgehead atoms. The summed E-state index contributed by atoms with van der Waals surface area (Å²) in [4.78, 5) is 37.3. The van der Waals surface area contributed by atoms with Crippen LogP contribution in [-0.2, 0) is 14.4 Å². The lowest BCUT2D eigenvalue weighted by molar-refractivity contribution is -0.181. The van der Waals surface area contributed by atoms with Gasteiger partial charge in [-0.3, -0.25) is 14.4 Å². The third kappa shape index (κ3) is 1.97. The van der Waals surface area contributed by atoms with Crippen LogP contribution in [0.25, 0.3) is 0 Å². The number of carbonyl (C=O) groups is 3. The zero-order chi connectivity index (χ0) is 20.9. The minimum Gasteiger partial charge on any atom is -0.380 e. The average Bonchev–Trinajstić information content (AvgIpc) is 2.81. The number of halogens is 2. The number of fused-ring (bicyclic) bond motifs is 5. The summed E-state index contributed by atoms with van der Waals surface area (Å²) >= 11 is 3.87. The lowest BCUT2D eigenvalue weighted by atomic mass is 9.46. The van der Waals surface area contributed by atoms with E-state index < -0.39 is 56.6 Å². The van der Waals surface area contributed by atoms with Crippen molar-refractivity contribution in [2.45, 2.75) is 57.7 Å². The van der Waals surface area contributed by atoms with E-state index in [4.69, 9.17) is 0 Å². The van der Waals surface area contributed by atoms with Gasteiger partial charge in [-0.1, -0.05) is 19.9 Å². The van der Waals surface area contributed by atoms with Gasteiger partial charge in [-0.25, -0.2) is 8.78 Å². The highest BCUT2D eigenvalue weighted by molar-refractivity contribution is 7.96. The molecule has 2 unspecified atom stereocenters. The van der Waals surface area contributed by atoms with Crippen LogP contribution in [0, 0.1) is 28.6 Å². The predicted molar refractivity (Wildman–Crippen MR) is 101 cm³/mol. The number of carbonyl (C=O) groups excluding carboxylic acids is 3. The second-order valence-electron chi connectivity index (χ2n) is 9.42. The molecule has 28 heavy (non-hydrogen) atoms. The van der Waals surface area contributed by atoms with Crippen LogP contribution < -0.4 is 0 Å². The number of hydrogen-bond acceptors (Lipinski definition) is 4. The van der Waals surface area contributed by atoms with Gasteiger partial charge in [-0.05, 0) is 36.8 Å². The molecule has 1 N–H and O–H groups in total. The van der Waals surface area contributed by atoms with Crippen molar-refractivity contribution in [3.8, 4) is 0 Å². The molecule has 4 nitrogen and oxygen atoms in total. The molecule has 4 rings (SSSR count). The van der Waals surface area contributed by atoms with Crippen LogP contribution in [0.3, 0.4) is 0 Å². The van der Waals surface area contributed by atoms with Crippen molar-refractivity contribution in [1.82, 2.24) is 0 Å². The van der Waals surface area contributed by atoms with Gasteiger partial charge in [-0.15, -0.1) is 12.6 Å². The van der Waals surface area contributed by atoms with Gasteiger partial charge in [0.05, 0.1) is 5.41 Å². The topological polar surface area (TPSA) is 71.4 Å². The first-order valence-corrected chi connectivity index (χ1v) is 10.1. The van der Waals surface area contributed by atoms with E-state index in [-0.39, 0.29) is 30.6 Å². The molecule has 0 aromatic rings. The van der Waals surface area contributed by atoms with E-state index >= 15 is 8.78 Å². The van der Waals surface area contributed by atoms with Gasteiger partial charge in [-0.2, -0.15) is 0 Å². The number of aliphatic hydroxyl groups is 1. The summed E-state index contributed by atoms with van der Waals surface area (Å²) in [6.07, 6.45) is 1.98. The molecule has 7 heteroatoms. The SMILES string of the molecule is C[C@@H]1CC2C3CC(F)=C4CC(=O)C=C[C@]4(C)[C@@]3(F)C(=O)C[C@]2(C)[C@@]1(O)C(=O)S. The van der Waals surface area contributed by atoms with Gasteiger partial charge in [0.25, 0.3) is 0 Å². The first kappa shape index (κ1) is 20.0. The van der Waals surface area contributed by atoms with Crippen molar-refractivity contribution in [2.75, 3.05) is 0 Å². The highest BCUT2D eigenvalue weighted by atomic mass is 32.1. The third-order valence-corrected chi connectivity index (χ3v) is 8.67. The maximum atomic E-state index is 16.7. The average molecular weight is 410 g/mol. The fraction of sp³-hybridized carbons (Fsp3) is 0.667. The van der Waals surface area contributed by atoms with Crippen molar-refractivity contribution in [2.24, 2.45) is 28.6 Å². The number of alkyl halides is 1. The van der Waals surface area contributed by atoms with Crippen LogP contribution in [-0.4, -0.2) is 33.1 Å². The van der Waals surface area contributed by atoms with Gasteiger partial charge >= 0.3 is 0 Å². The zero-order valence-electron chi connectivity index (χ0n) is 16.1. The van der Waals surface area contributed by atoms with E-state index in [0.717, 1.165) is 0 Å². The van der Waals surface area contributed by atoms with Crippen molar-refractivity contribution < 1.29 is 28.3 Å². The smallest absolute Gasteiger partial charge is 0.218 e. The Morgan fingerprint density at radius 3 is 2.54 bits per heavy atom. The maximum absolute atomic E-state index is 16.7. The van der Waals surface area contributed by atoms with Crippen LogP contribution in [0.1, 0.15) is 46.5 Å². The maximum Gasteiger partial charge on any atom is 0.218 e. The van der Waals surface area contributed by atoms with E-state index in [0.29, 0.717) is 6.42 Å². The Hall–Kier alpha value is -1.34. The van der Waals surface area contributed by atoms with Crippen LogP contribution >= 0.6 is 12.6 Å². The molecule has 0 aromatic heterocycles. The summed E-state index contributed by atoms with van der Waals surface area (Å²) in [7, 11) is 0. The highest BCUT2D eigenvalue weighted by Crippen LogP contribution is 2.70. The van der Waals surface area contributed by atoms with Crippen molar-refractivity contribution in [3.05, 3.63) is 23.6 Å². The number of allylic oxidation sites excluding steroid dienone is 4. The lowest BCUT2D eigenvalue weighted by Crippen LogP contribution is -2.67. The van der Waals surface area contributed by atoms with Gasteiger partial charge in [0.1, 0.15) is 11.4 Å². The number of thiol groups is 1. The fourth-order valence-corrected chi connectivity index (χ4v) is 7.18. The summed E-state index contributed by atoms with van der Waals surface area (Å²) in [6, 6.07) is 0. The second kappa shape index (κ2) is 5.63. The van der Waals surface area contributed by atoms with E-state index in [1.807, 2.05) is 0 Å². The normalized spacial score (nSPS) is 50.3. The predicted octanol–water partition coefficient (Wildman–Crippen LogP) is 3.30. The van der Waals surface area contributed by atoms with Crippen LogP contribution in [0.4, 0.5) is 8.78 Å². The number of ketones is 2. The quantitative estimate of drug-likeness (QED) is 0.651. The molecule has 152 valence electrons. The molecule has 0 saturated heterocycles. The Balaban J connectivity index is 1.92. The fourth-order valence-electron chi connectivity index (χ4n) is 6.70. The molecule has 0 aliphatic heterocycles. The van der Waals surface area contributed by atoms with E-state index in [1.54, 1.807) is 13.8 Å². The van der Waals surface area contributed by atoms with Gasteiger partial charge in [0, 0.05) is 30.6 Å². The van der Waals surface area contributed by atoms with Gasteiger partial charge in [0.15, 0.2) is 17.2 Å². The summed E-state index contributed by atoms with van der Waals surface area (Å²) in [6.45, 7) is 4.78. The van der Waals surface area contributed by atoms with Crippen molar-refractivity contribution in [1.29, 1.82) is 0 Å². The van der Waals surface area contributed by atoms with Crippen molar-refractivity contribution >= 4 is 29.3 Å². The molecular weight excluding hydrogens is 386 g/mol. The number of hydrogen-bond donors (Lipinski definition) is 2. The largest absolute Gasteiger partial charge is 0.380 e. The molecule has 0 amide bonds. The molecule has 0 radical (unpaired) electrons. The second-order valence-corrected chi connectivity index (χ2v) is 9.82. The van der Waals surface area contributed by atoms with Crippen LogP contribution in [0.15, 0.2) is 23.6 Å². The molecule has 0 aromatic carbocycles. The standard InChI is InChI=1S/C21H24F2O4S/c1-10-6-12-13-8-15(22)14-7-11(24)4-5-18(14,2)20(13,23)16(25)9-19(12,3)21(10,27)17(26)28/h4-5,10,12-13,27H,6-9H2,1-3H3,(H,26,28)/t10-,12?,13?,18+,19+,20+,21+/m1/s1. The van der Waals surface area contributed by atoms with Crippen molar-refractivity contribution in [3.63, 3.8) is 0 Å². The molecule has 4 aliphatic carbocycles. The number of Topliss-reactive ketones (excluding diaryl/α,β-unsaturated/α-hetero) is 1. The molecule has 0 heterocycles. The van der Waals surface area contributed by atoms with Gasteiger partial charge < -0.3 is 5.11 Å². The van der Waals surface area contributed by atoms with E-state index in [2.05, 4.69) is 12.6 Å². The molecule has 7 atom stereocenters. The molecule has 0 spiro atoms. The van der Waals surface area contributed by atoms with Crippen LogP contribution in [0.5, 0.6) is 0 Å². The first-order chi connectivity index (χ1) is 12.8. The minimum absolute atomic E-state index is 0.0438. The Bertz CT molecular complexity index is 882. The van der Waals surface area contributed by atoms with E-state index in [1.165, 1.54) is 19.1 Å². The summed E-state index contributed by atoms with van der Waals surface area (Å²) < 4.78 is 31.8. The number of rotatable bonds is 1. The Kier molecular flexibility index (Phi) is 4.01. The summed E-state index contributed by atoms with van der Waals surface area (Å²) in [5, 5.41) is 10.5. The summed E-state index contributed by atoms with van der Waals surface area (Å²) in [5.41, 5.74) is -6.98. The Morgan fingerprint density at radius 2 is 1.93 bits per heavy atom. The molecule has 2 fully saturated rings. The Morgan fingerprint density at radius 1 is 1.29 bits per heavy atom.